The van der Waals surface area contributed by atoms with Gasteiger partial charge < -0.3 is 4.74 Å². The Morgan fingerprint density at radius 2 is 2.15 bits per heavy atom. The van der Waals surface area contributed by atoms with Crippen molar-refractivity contribution in [1.82, 2.24) is 0 Å². The van der Waals surface area contributed by atoms with Gasteiger partial charge in [-0.3, -0.25) is 0 Å². The summed E-state index contributed by atoms with van der Waals surface area (Å²) in [5, 5.41) is 0. The zero-order valence-electron chi connectivity index (χ0n) is 7.60. The lowest BCUT2D eigenvalue weighted by Crippen LogP contribution is -2.35. The monoisotopic (exact) mass is 172 g/mol. The Hall–Kier alpha value is -1.24. The second-order valence-electron chi connectivity index (χ2n) is 4.12. The first-order chi connectivity index (χ1) is 6.28. The van der Waals surface area contributed by atoms with Gasteiger partial charge in [0.25, 0.3) is 0 Å². The van der Waals surface area contributed by atoms with Crippen LogP contribution < -0.4 is 0 Å². The van der Waals surface area contributed by atoms with E-state index in [2.05, 4.69) is 49.5 Å². The summed E-state index contributed by atoms with van der Waals surface area (Å²) in [6.07, 6.45) is 15.4. The van der Waals surface area contributed by atoms with E-state index in [1.807, 2.05) is 0 Å². The minimum atomic E-state index is 0.180. The Morgan fingerprint density at radius 1 is 1.31 bits per heavy atom. The van der Waals surface area contributed by atoms with Crippen LogP contribution in [0.4, 0.5) is 0 Å². The van der Waals surface area contributed by atoms with Gasteiger partial charge in [-0.1, -0.05) is 31.2 Å². The molecule has 0 N–H and O–H groups in total. The third kappa shape index (κ3) is 0.873. The van der Waals surface area contributed by atoms with E-state index in [-0.39, 0.29) is 11.5 Å². The van der Waals surface area contributed by atoms with E-state index in [1.165, 1.54) is 0 Å². The Bertz CT molecular complexity index is 359. The summed E-state index contributed by atoms with van der Waals surface area (Å²) in [5.41, 5.74) is 0.180. The molecule has 1 aliphatic heterocycles. The fourth-order valence-electron chi connectivity index (χ4n) is 2.36. The molecule has 1 nitrogen and oxygen atoms in total. The molecule has 3 atom stereocenters. The van der Waals surface area contributed by atoms with Crippen molar-refractivity contribution in [3.63, 3.8) is 0 Å². The number of allylic oxidation sites excluding steroid dienone is 5. The topological polar surface area (TPSA) is 9.23 Å². The number of hydrogen-bond donors (Lipinski definition) is 0. The minimum Gasteiger partial charge on any atom is -0.486 e. The Balaban J connectivity index is 2.09. The van der Waals surface area contributed by atoms with E-state index in [0.29, 0.717) is 5.92 Å². The summed E-state index contributed by atoms with van der Waals surface area (Å²) in [4.78, 5) is 0. The fraction of sp³-hybridized carbons (Fsp3) is 0.333. The lowest BCUT2D eigenvalue weighted by atomic mass is 9.73. The van der Waals surface area contributed by atoms with Crippen LogP contribution in [0, 0.1) is 11.3 Å². The van der Waals surface area contributed by atoms with Crippen LogP contribution in [-0.2, 0) is 4.74 Å². The number of ether oxygens (including phenoxy) is 1. The van der Waals surface area contributed by atoms with Gasteiger partial charge in [0.15, 0.2) is 0 Å². The van der Waals surface area contributed by atoms with Crippen molar-refractivity contribution in [3.05, 3.63) is 48.3 Å². The van der Waals surface area contributed by atoms with Gasteiger partial charge in [-0.15, -0.1) is 0 Å². The molecule has 3 rings (SSSR count). The third-order valence-electron chi connectivity index (χ3n) is 3.13. The number of fused-ring (bicyclic) bond motifs is 3. The number of hydrogen-bond acceptors (Lipinski definition) is 1. The average molecular weight is 172 g/mol. The van der Waals surface area contributed by atoms with Crippen LogP contribution in [0.2, 0.25) is 0 Å². The lowest BCUT2D eigenvalue weighted by molar-refractivity contribution is 0.0785. The highest BCUT2D eigenvalue weighted by Crippen LogP contribution is 2.46. The highest BCUT2D eigenvalue weighted by Gasteiger charge is 2.41. The molecule has 0 aromatic carbocycles. The van der Waals surface area contributed by atoms with E-state index in [9.17, 15) is 0 Å². The fourth-order valence-corrected chi connectivity index (χ4v) is 2.36. The summed E-state index contributed by atoms with van der Waals surface area (Å²) >= 11 is 0. The summed E-state index contributed by atoms with van der Waals surface area (Å²) in [5.74, 6) is 1.50. The molecule has 0 saturated heterocycles. The van der Waals surface area contributed by atoms with Gasteiger partial charge in [0.2, 0.25) is 0 Å². The predicted octanol–water partition coefficient (Wildman–Crippen LogP) is 2.59. The van der Waals surface area contributed by atoms with Gasteiger partial charge in [-0.05, 0) is 18.2 Å². The third-order valence-corrected chi connectivity index (χ3v) is 3.13. The Labute approximate surface area is 78.1 Å². The summed E-state index contributed by atoms with van der Waals surface area (Å²) < 4.78 is 5.78. The Morgan fingerprint density at radius 3 is 3.08 bits per heavy atom. The Kier molecular flexibility index (Phi) is 1.20. The van der Waals surface area contributed by atoms with Crippen LogP contribution in [0.15, 0.2) is 48.3 Å². The molecule has 2 aliphatic carbocycles. The molecular formula is C12H12O. The molecule has 0 fully saturated rings. The van der Waals surface area contributed by atoms with Crippen LogP contribution >= 0.6 is 0 Å². The zero-order valence-corrected chi connectivity index (χ0v) is 7.60. The first kappa shape index (κ1) is 7.19. The van der Waals surface area contributed by atoms with Crippen LogP contribution in [0.5, 0.6) is 0 Å². The molecule has 2 unspecified atom stereocenters. The molecule has 2 bridgehead atoms. The van der Waals surface area contributed by atoms with Crippen LogP contribution in [0.3, 0.4) is 0 Å². The highest BCUT2D eigenvalue weighted by molar-refractivity contribution is 5.38. The number of rotatable bonds is 0. The molecule has 0 saturated carbocycles. The first-order valence-corrected chi connectivity index (χ1v) is 4.72. The molecule has 1 heteroatoms. The molecular weight excluding hydrogens is 160 g/mol. The maximum atomic E-state index is 5.78. The molecule has 0 aromatic rings. The second-order valence-corrected chi connectivity index (χ2v) is 4.12. The van der Waals surface area contributed by atoms with Gasteiger partial charge in [-0.2, -0.15) is 0 Å². The normalized spacial score (nSPS) is 44.2. The van der Waals surface area contributed by atoms with Gasteiger partial charge in [0.05, 0.1) is 0 Å². The van der Waals surface area contributed by atoms with Crippen molar-refractivity contribution in [2.24, 2.45) is 11.3 Å². The minimum absolute atomic E-state index is 0.180. The molecule has 0 aromatic heterocycles. The largest absolute Gasteiger partial charge is 0.486 e. The second kappa shape index (κ2) is 2.16. The predicted molar refractivity (Wildman–Crippen MR) is 52.0 cm³/mol. The van der Waals surface area contributed by atoms with Crippen LogP contribution in [0.1, 0.15) is 6.92 Å². The maximum Gasteiger partial charge on any atom is 0.124 e. The SMILES string of the molecule is CC12C=CC(=C1)OC1C=CC=C[C@@H]12. The molecule has 0 radical (unpaired) electrons. The van der Waals surface area contributed by atoms with Crippen LogP contribution in [0.25, 0.3) is 0 Å². The molecule has 13 heavy (non-hydrogen) atoms. The van der Waals surface area contributed by atoms with Gasteiger partial charge >= 0.3 is 0 Å². The zero-order chi connectivity index (χ0) is 8.89. The van der Waals surface area contributed by atoms with E-state index in [0.717, 1.165) is 5.76 Å². The van der Waals surface area contributed by atoms with E-state index >= 15 is 0 Å². The smallest absolute Gasteiger partial charge is 0.124 e. The maximum absolute atomic E-state index is 5.78. The van der Waals surface area contributed by atoms with Crippen molar-refractivity contribution in [2.45, 2.75) is 13.0 Å². The lowest BCUT2D eigenvalue weighted by Gasteiger charge is -2.37. The summed E-state index contributed by atoms with van der Waals surface area (Å²) in [6.45, 7) is 2.26. The van der Waals surface area contributed by atoms with Crippen molar-refractivity contribution in [2.75, 3.05) is 0 Å². The van der Waals surface area contributed by atoms with E-state index in [1.54, 1.807) is 0 Å². The van der Waals surface area contributed by atoms with Gasteiger partial charge in [0.1, 0.15) is 11.9 Å². The molecule has 66 valence electrons. The molecule has 3 aliphatic rings. The standard InChI is InChI=1S/C12H12O/c1-12-7-6-9(8-12)13-11-5-3-2-4-10(11)12/h2-8,10-11H,1H3/t10-,11?,12?/m0/s1. The quantitative estimate of drug-likeness (QED) is 0.545. The highest BCUT2D eigenvalue weighted by atomic mass is 16.5. The summed E-state index contributed by atoms with van der Waals surface area (Å²) in [7, 11) is 0. The van der Waals surface area contributed by atoms with Crippen molar-refractivity contribution in [1.29, 1.82) is 0 Å². The van der Waals surface area contributed by atoms with Gasteiger partial charge in [-0.25, -0.2) is 0 Å². The van der Waals surface area contributed by atoms with E-state index in [4.69, 9.17) is 4.74 Å². The van der Waals surface area contributed by atoms with E-state index < -0.39 is 0 Å². The average Bonchev–Trinajstić information content (AvgIpc) is 2.44. The van der Waals surface area contributed by atoms with Crippen molar-refractivity contribution < 1.29 is 4.74 Å². The van der Waals surface area contributed by atoms with Gasteiger partial charge in [0, 0.05) is 11.3 Å². The molecule has 0 spiro atoms. The first-order valence-electron chi connectivity index (χ1n) is 4.72. The van der Waals surface area contributed by atoms with Crippen LogP contribution in [-0.4, -0.2) is 6.10 Å². The molecule has 1 heterocycles. The van der Waals surface area contributed by atoms with Crippen molar-refractivity contribution in [3.8, 4) is 0 Å². The molecule has 0 amide bonds. The van der Waals surface area contributed by atoms with Crippen molar-refractivity contribution >= 4 is 0 Å². The summed E-state index contributed by atoms with van der Waals surface area (Å²) in [6, 6.07) is 0.